The van der Waals surface area contributed by atoms with E-state index in [2.05, 4.69) is 4.98 Å². The van der Waals surface area contributed by atoms with Gasteiger partial charge in [-0.25, -0.2) is 9.59 Å². The molecule has 3 aromatic heterocycles. The van der Waals surface area contributed by atoms with E-state index in [1.54, 1.807) is 44.3 Å². The van der Waals surface area contributed by atoms with Crippen molar-refractivity contribution in [2.75, 3.05) is 0 Å². The Morgan fingerprint density at radius 2 is 1.21 bits per heavy atom. The zero-order valence-electron chi connectivity index (χ0n) is 21.8. The van der Waals surface area contributed by atoms with Gasteiger partial charge in [0.2, 0.25) is 0 Å². The second-order valence-corrected chi connectivity index (χ2v) is 10.1. The van der Waals surface area contributed by atoms with E-state index in [4.69, 9.17) is 8.83 Å². The van der Waals surface area contributed by atoms with Gasteiger partial charge < -0.3 is 19.0 Å². The molecule has 2 N–H and O–H groups in total. The van der Waals surface area contributed by atoms with Crippen molar-refractivity contribution in [1.29, 1.82) is 0 Å². The Balaban J connectivity index is 1.81. The summed E-state index contributed by atoms with van der Waals surface area (Å²) >= 11 is 0. The minimum absolute atomic E-state index is 0.171. The summed E-state index contributed by atoms with van der Waals surface area (Å²) in [6.45, 7) is 7.33. The molecule has 0 amide bonds. The molecule has 3 aromatic carbocycles. The van der Waals surface area contributed by atoms with Gasteiger partial charge in [-0.2, -0.15) is 0 Å². The number of rotatable bonds is 3. The normalized spacial score (nSPS) is 11.7. The van der Waals surface area contributed by atoms with Crippen LogP contribution in [-0.4, -0.2) is 15.2 Å². The molecule has 0 aliphatic carbocycles. The summed E-state index contributed by atoms with van der Waals surface area (Å²) < 4.78 is 11.5. The molecule has 0 fully saturated rings. The van der Waals surface area contributed by atoms with E-state index in [9.17, 15) is 19.8 Å². The lowest BCUT2D eigenvalue weighted by atomic mass is 9.83. The fourth-order valence-electron chi connectivity index (χ4n) is 5.64. The van der Waals surface area contributed by atoms with Crippen molar-refractivity contribution < 1.29 is 19.0 Å². The van der Waals surface area contributed by atoms with Gasteiger partial charge in [-0.3, -0.25) is 4.98 Å². The Hall–Kier alpha value is -4.91. The van der Waals surface area contributed by atoms with Crippen molar-refractivity contribution in [3.63, 3.8) is 0 Å². The molecule has 0 aliphatic rings. The quantitative estimate of drug-likeness (QED) is 0.265. The van der Waals surface area contributed by atoms with Crippen molar-refractivity contribution >= 4 is 32.8 Å². The first-order valence-electron chi connectivity index (χ1n) is 12.5. The van der Waals surface area contributed by atoms with E-state index in [0.29, 0.717) is 38.4 Å². The van der Waals surface area contributed by atoms with Gasteiger partial charge in [0.25, 0.3) is 0 Å². The topological polar surface area (TPSA) is 114 Å². The van der Waals surface area contributed by atoms with Gasteiger partial charge in [0.1, 0.15) is 22.7 Å². The maximum Gasteiger partial charge on any atom is 0.344 e. The predicted octanol–water partition coefficient (Wildman–Crippen LogP) is 6.27. The average molecular weight is 520 g/mol. The number of benzene rings is 3. The smallest absolute Gasteiger partial charge is 0.344 e. The fourth-order valence-corrected chi connectivity index (χ4v) is 5.64. The molecule has 0 aliphatic heterocycles. The van der Waals surface area contributed by atoms with E-state index < -0.39 is 17.2 Å². The van der Waals surface area contributed by atoms with E-state index in [1.807, 2.05) is 44.2 Å². The molecule has 194 valence electrons. The molecular weight excluding hydrogens is 494 g/mol. The molecule has 7 nitrogen and oxygen atoms in total. The second-order valence-electron chi connectivity index (χ2n) is 10.1. The number of aromatic nitrogens is 1. The van der Waals surface area contributed by atoms with Crippen LogP contribution in [0, 0.1) is 27.7 Å². The lowest BCUT2D eigenvalue weighted by Gasteiger charge is -2.21. The Morgan fingerprint density at radius 3 is 1.74 bits per heavy atom. The standard InChI is InChI=1S/C32H25NO6/c1-15-11-17(3)29-21(13-15)27(34)25(31(36)38-29)24(20-9-10-33-23-8-6-5-7-19(20)23)26-28(35)22-14-16(2)12-18(4)30(22)39-32(26)37/h5-14,24,34-35H,1-4H3. The third kappa shape index (κ3) is 3.77. The van der Waals surface area contributed by atoms with Crippen LogP contribution in [0.2, 0.25) is 0 Å². The fraction of sp³-hybridized carbons (Fsp3) is 0.156. The first-order valence-corrected chi connectivity index (χ1v) is 12.5. The Labute approximate surface area is 222 Å². The third-order valence-corrected chi connectivity index (χ3v) is 7.26. The number of aryl methyl sites for hydroxylation is 4. The molecule has 0 saturated carbocycles. The molecule has 0 saturated heterocycles. The maximum atomic E-state index is 13.7. The summed E-state index contributed by atoms with van der Waals surface area (Å²) in [5.41, 5.74) is 2.73. The maximum absolute atomic E-state index is 13.7. The van der Waals surface area contributed by atoms with Crippen LogP contribution in [0.25, 0.3) is 32.8 Å². The minimum Gasteiger partial charge on any atom is -0.507 e. The van der Waals surface area contributed by atoms with Gasteiger partial charge in [0.15, 0.2) is 0 Å². The Morgan fingerprint density at radius 1 is 0.692 bits per heavy atom. The highest BCUT2D eigenvalue weighted by Crippen LogP contribution is 2.44. The zero-order chi connectivity index (χ0) is 27.6. The SMILES string of the molecule is Cc1cc(C)c2oc(=O)c(C(c3c(O)c4cc(C)cc(C)c4oc3=O)c3ccnc4ccccc34)c(O)c2c1. The molecule has 6 aromatic rings. The van der Waals surface area contributed by atoms with Crippen molar-refractivity contribution in [3.8, 4) is 11.5 Å². The summed E-state index contributed by atoms with van der Waals surface area (Å²) in [6, 6.07) is 16.1. The van der Waals surface area contributed by atoms with Crippen molar-refractivity contribution in [2.24, 2.45) is 0 Å². The van der Waals surface area contributed by atoms with Crippen LogP contribution in [-0.2, 0) is 0 Å². The van der Waals surface area contributed by atoms with Gasteiger partial charge >= 0.3 is 11.3 Å². The number of para-hydroxylation sites is 1. The molecule has 0 unspecified atom stereocenters. The summed E-state index contributed by atoms with van der Waals surface area (Å²) in [5, 5.41) is 24.6. The molecule has 7 heteroatoms. The van der Waals surface area contributed by atoms with Crippen molar-refractivity contribution in [2.45, 2.75) is 33.6 Å². The van der Waals surface area contributed by atoms with Crippen LogP contribution >= 0.6 is 0 Å². The van der Waals surface area contributed by atoms with Gasteiger partial charge in [0, 0.05) is 11.6 Å². The molecule has 39 heavy (non-hydrogen) atoms. The molecular formula is C32H25NO6. The highest BCUT2D eigenvalue weighted by Gasteiger charge is 2.34. The van der Waals surface area contributed by atoms with Gasteiger partial charge in [-0.15, -0.1) is 0 Å². The lowest BCUT2D eigenvalue weighted by molar-refractivity contribution is 0.441. The molecule has 0 atom stereocenters. The molecule has 3 heterocycles. The van der Waals surface area contributed by atoms with Gasteiger partial charge in [-0.05, 0) is 79.8 Å². The first-order chi connectivity index (χ1) is 18.7. The van der Waals surface area contributed by atoms with E-state index >= 15 is 0 Å². The highest BCUT2D eigenvalue weighted by molar-refractivity contribution is 5.91. The number of fused-ring (bicyclic) bond motifs is 3. The molecule has 0 spiro atoms. The molecule has 0 bridgehead atoms. The van der Waals surface area contributed by atoms with Crippen LogP contribution in [0.15, 0.2) is 79.2 Å². The van der Waals surface area contributed by atoms with Crippen LogP contribution in [0.5, 0.6) is 11.5 Å². The molecule has 0 radical (unpaired) electrons. The molecule has 6 rings (SSSR count). The summed E-state index contributed by atoms with van der Waals surface area (Å²) in [7, 11) is 0. The van der Waals surface area contributed by atoms with Crippen LogP contribution < -0.4 is 11.3 Å². The third-order valence-electron chi connectivity index (χ3n) is 7.26. The lowest BCUT2D eigenvalue weighted by Crippen LogP contribution is -2.22. The van der Waals surface area contributed by atoms with Gasteiger partial charge in [-0.1, -0.05) is 30.3 Å². The summed E-state index contributed by atoms with van der Waals surface area (Å²) in [6.07, 6.45) is 1.56. The number of nitrogens with zero attached hydrogens (tertiary/aromatic N) is 1. The van der Waals surface area contributed by atoms with Crippen molar-refractivity contribution in [3.05, 3.63) is 121 Å². The van der Waals surface area contributed by atoms with Crippen LogP contribution in [0.3, 0.4) is 0 Å². The first kappa shape index (κ1) is 24.4. The predicted molar refractivity (Wildman–Crippen MR) is 150 cm³/mol. The van der Waals surface area contributed by atoms with E-state index in [1.165, 1.54) is 0 Å². The number of hydrogen-bond donors (Lipinski definition) is 2. The summed E-state index contributed by atoms with van der Waals surface area (Å²) in [5.74, 6) is -1.86. The number of hydrogen-bond acceptors (Lipinski definition) is 7. The van der Waals surface area contributed by atoms with Gasteiger partial charge in [0.05, 0.1) is 33.3 Å². The number of pyridine rings is 1. The highest BCUT2D eigenvalue weighted by atomic mass is 16.4. The Bertz CT molecular complexity index is 1970. The van der Waals surface area contributed by atoms with Crippen molar-refractivity contribution in [1.82, 2.24) is 4.98 Å². The van der Waals surface area contributed by atoms with Crippen LogP contribution in [0.1, 0.15) is 44.9 Å². The van der Waals surface area contributed by atoms with Crippen LogP contribution in [0.4, 0.5) is 0 Å². The zero-order valence-corrected chi connectivity index (χ0v) is 21.8. The monoisotopic (exact) mass is 519 g/mol. The van der Waals surface area contributed by atoms with E-state index in [-0.39, 0.29) is 33.8 Å². The van der Waals surface area contributed by atoms with E-state index in [0.717, 1.165) is 11.1 Å². The Kier molecular flexibility index (Phi) is 5.54. The number of aromatic hydroxyl groups is 2. The second kappa shape index (κ2) is 8.84. The average Bonchev–Trinajstić information content (AvgIpc) is 2.89. The largest absolute Gasteiger partial charge is 0.507 e. The summed E-state index contributed by atoms with van der Waals surface area (Å²) in [4.78, 5) is 31.7. The minimum atomic E-state index is -1.22.